The van der Waals surface area contributed by atoms with Crippen LogP contribution in [0.1, 0.15) is 29.2 Å². The fourth-order valence-corrected chi connectivity index (χ4v) is 5.99. The van der Waals surface area contributed by atoms with Crippen molar-refractivity contribution >= 4 is 39.2 Å². The maximum Gasteiger partial charge on any atom is 0.416 e. The molecule has 0 saturated carbocycles. The average molecular weight is 585 g/mol. The number of nitrogens with one attached hydrogen (secondary N) is 1. The molecule has 0 saturated heterocycles. The second-order valence-electron chi connectivity index (χ2n) is 8.64. The number of alkyl halides is 3. The largest absolute Gasteiger partial charge is 0.456 e. The van der Waals surface area contributed by atoms with Gasteiger partial charge in [0.2, 0.25) is 10.0 Å². The van der Waals surface area contributed by atoms with E-state index in [1.54, 1.807) is 18.2 Å². The van der Waals surface area contributed by atoms with Gasteiger partial charge in [0.25, 0.3) is 5.91 Å². The number of benzene rings is 3. The Kier molecular flexibility index (Phi) is 8.28. The lowest BCUT2D eigenvalue weighted by Gasteiger charge is -2.36. The van der Waals surface area contributed by atoms with Gasteiger partial charge in [-0.2, -0.15) is 17.5 Å². The molecule has 7 nitrogen and oxygen atoms in total. The standard InChI is InChI=1S/C26H21ClF4N2O5S/c27-21-10-5-17(26(29,30)31)13-22(21)32-24(34)15-38-25(35)14-23-20-4-2-1-3-16(20)11-12-33(23)39(36,37)19-8-6-18(28)7-9-19/h1-10,13,23H,11-12,14-15H2,(H,32,34)/t23-/m0/s1. The number of esters is 1. The summed E-state index contributed by atoms with van der Waals surface area (Å²) < 4.78 is 85.2. The van der Waals surface area contributed by atoms with Gasteiger partial charge in [-0.05, 0) is 60.0 Å². The first-order chi connectivity index (χ1) is 18.4. The topological polar surface area (TPSA) is 92.8 Å². The predicted molar refractivity (Wildman–Crippen MR) is 134 cm³/mol. The van der Waals surface area contributed by atoms with Crippen LogP contribution in [-0.4, -0.2) is 37.8 Å². The Labute approximate surface area is 226 Å². The first-order valence-electron chi connectivity index (χ1n) is 11.5. The van der Waals surface area contributed by atoms with E-state index in [1.807, 2.05) is 6.07 Å². The normalized spacial score (nSPS) is 15.9. The van der Waals surface area contributed by atoms with Gasteiger partial charge in [0.05, 0.1) is 33.6 Å². The number of fused-ring (bicyclic) bond motifs is 1. The summed E-state index contributed by atoms with van der Waals surface area (Å²) in [6, 6.07) is 12.7. The molecule has 1 atom stereocenters. The number of ether oxygens (including phenoxy) is 1. The van der Waals surface area contributed by atoms with Crippen LogP contribution in [0, 0.1) is 5.82 Å². The zero-order valence-corrected chi connectivity index (χ0v) is 21.6. The molecule has 206 valence electrons. The number of anilines is 1. The van der Waals surface area contributed by atoms with Crippen LogP contribution in [0.4, 0.5) is 23.2 Å². The van der Waals surface area contributed by atoms with Crippen LogP contribution in [0.5, 0.6) is 0 Å². The molecule has 0 fully saturated rings. The van der Waals surface area contributed by atoms with Gasteiger partial charge in [-0.1, -0.05) is 35.9 Å². The van der Waals surface area contributed by atoms with Crippen LogP contribution in [-0.2, 0) is 36.9 Å². The highest BCUT2D eigenvalue weighted by Gasteiger charge is 2.38. The zero-order valence-electron chi connectivity index (χ0n) is 20.0. The van der Waals surface area contributed by atoms with E-state index in [-0.39, 0.29) is 22.2 Å². The second-order valence-corrected chi connectivity index (χ2v) is 10.9. The first-order valence-corrected chi connectivity index (χ1v) is 13.4. The molecule has 1 N–H and O–H groups in total. The lowest BCUT2D eigenvalue weighted by Crippen LogP contribution is -2.41. The minimum Gasteiger partial charge on any atom is -0.456 e. The van der Waals surface area contributed by atoms with Gasteiger partial charge in [0.1, 0.15) is 5.82 Å². The number of carbonyl (C=O) groups excluding carboxylic acids is 2. The Morgan fingerprint density at radius 2 is 1.74 bits per heavy atom. The van der Waals surface area contributed by atoms with Crippen molar-refractivity contribution in [1.82, 2.24) is 4.31 Å². The van der Waals surface area contributed by atoms with Crippen molar-refractivity contribution < 1.29 is 40.3 Å². The van der Waals surface area contributed by atoms with E-state index in [0.29, 0.717) is 18.1 Å². The number of hydrogen-bond donors (Lipinski definition) is 1. The van der Waals surface area contributed by atoms with E-state index < -0.39 is 58.5 Å². The molecule has 1 amide bonds. The van der Waals surface area contributed by atoms with Gasteiger partial charge in [-0.3, -0.25) is 9.59 Å². The molecular weight excluding hydrogens is 564 g/mol. The third-order valence-corrected chi connectivity index (χ3v) is 8.33. The van der Waals surface area contributed by atoms with Gasteiger partial charge in [-0.25, -0.2) is 12.8 Å². The molecule has 0 aromatic heterocycles. The van der Waals surface area contributed by atoms with Crippen LogP contribution < -0.4 is 5.32 Å². The molecule has 4 rings (SSSR count). The van der Waals surface area contributed by atoms with Crippen molar-refractivity contribution in [1.29, 1.82) is 0 Å². The zero-order chi connectivity index (χ0) is 28.4. The van der Waals surface area contributed by atoms with E-state index >= 15 is 0 Å². The van der Waals surface area contributed by atoms with Gasteiger partial charge in [0.15, 0.2) is 6.61 Å². The number of nitrogens with zero attached hydrogens (tertiary/aromatic N) is 1. The Morgan fingerprint density at radius 3 is 2.44 bits per heavy atom. The van der Waals surface area contributed by atoms with Gasteiger partial charge >= 0.3 is 12.1 Å². The maximum atomic E-state index is 13.4. The molecule has 3 aromatic rings. The molecular formula is C26H21ClF4N2O5S. The first kappa shape index (κ1) is 28.5. The number of halogens is 5. The van der Waals surface area contributed by atoms with E-state index in [1.165, 1.54) is 0 Å². The highest BCUT2D eigenvalue weighted by molar-refractivity contribution is 7.89. The number of carbonyl (C=O) groups is 2. The van der Waals surface area contributed by atoms with E-state index in [0.717, 1.165) is 46.3 Å². The van der Waals surface area contributed by atoms with Crippen LogP contribution in [0.3, 0.4) is 0 Å². The van der Waals surface area contributed by atoms with Crippen molar-refractivity contribution in [3.8, 4) is 0 Å². The van der Waals surface area contributed by atoms with Gasteiger partial charge in [0, 0.05) is 6.54 Å². The Bertz CT molecular complexity index is 1500. The second kappa shape index (κ2) is 11.3. The fourth-order valence-electron chi connectivity index (χ4n) is 4.22. The third-order valence-electron chi connectivity index (χ3n) is 6.08. The fraction of sp³-hybridized carbons (Fsp3) is 0.231. The van der Waals surface area contributed by atoms with Crippen LogP contribution in [0.15, 0.2) is 71.6 Å². The summed E-state index contributed by atoms with van der Waals surface area (Å²) in [6.45, 7) is -0.798. The van der Waals surface area contributed by atoms with Crippen LogP contribution in [0.25, 0.3) is 0 Å². The summed E-state index contributed by atoms with van der Waals surface area (Å²) in [5.41, 5.74) is 0.0623. The molecule has 0 aliphatic carbocycles. The monoisotopic (exact) mass is 584 g/mol. The summed E-state index contributed by atoms with van der Waals surface area (Å²) in [7, 11) is -4.14. The predicted octanol–water partition coefficient (Wildman–Crippen LogP) is 5.36. The van der Waals surface area contributed by atoms with E-state index in [9.17, 15) is 35.6 Å². The summed E-state index contributed by atoms with van der Waals surface area (Å²) in [5.74, 6) is -2.46. The van der Waals surface area contributed by atoms with Crippen molar-refractivity contribution in [2.75, 3.05) is 18.5 Å². The maximum absolute atomic E-state index is 13.4. The SMILES string of the molecule is O=C(COC(=O)C[C@H]1c2ccccc2CCN1S(=O)(=O)c1ccc(F)cc1)Nc1cc(C(F)(F)F)ccc1Cl. The Balaban J connectivity index is 1.48. The molecule has 1 aliphatic heterocycles. The highest BCUT2D eigenvalue weighted by atomic mass is 35.5. The van der Waals surface area contributed by atoms with Crippen LogP contribution >= 0.6 is 11.6 Å². The molecule has 0 bridgehead atoms. The lowest BCUT2D eigenvalue weighted by atomic mass is 9.92. The highest BCUT2D eigenvalue weighted by Crippen LogP contribution is 2.37. The molecule has 0 unspecified atom stereocenters. The van der Waals surface area contributed by atoms with Crippen molar-refractivity contribution in [3.63, 3.8) is 0 Å². The molecule has 0 spiro atoms. The quantitative estimate of drug-likeness (QED) is 0.298. The summed E-state index contributed by atoms with van der Waals surface area (Å²) in [5, 5.41) is 2.02. The lowest BCUT2D eigenvalue weighted by molar-refractivity contribution is -0.148. The number of rotatable bonds is 7. The minimum absolute atomic E-state index is 0.0448. The molecule has 13 heteroatoms. The van der Waals surface area contributed by atoms with E-state index in [2.05, 4.69) is 5.32 Å². The van der Waals surface area contributed by atoms with Gasteiger partial charge in [-0.15, -0.1) is 0 Å². The van der Waals surface area contributed by atoms with E-state index in [4.69, 9.17) is 16.3 Å². The minimum atomic E-state index is -4.66. The molecule has 39 heavy (non-hydrogen) atoms. The Morgan fingerprint density at radius 1 is 1.05 bits per heavy atom. The summed E-state index contributed by atoms with van der Waals surface area (Å²) in [4.78, 5) is 24.9. The van der Waals surface area contributed by atoms with Crippen molar-refractivity contribution in [2.45, 2.75) is 30.0 Å². The number of hydrogen-bond acceptors (Lipinski definition) is 5. The van der Waals surface area contributed by atoms with Crippen LogP contribution in [0.2, 0.25) is 5.02 Å². The summed E-state index contributed by atoms with van der Waals surface area (Å²) in [6.07, 6.45) is -4.73. The van der Waals surface area contributed by atoms with Gasteiger partial charge < -0.3 is 10.1 Å². The van der Waals surface area contributed by atoms with Crippen molar-refractivity contribution in [2.24, 2.45) is 0 Å². The number of amides is 1. The molecule has 0 radical (unpaired) electrons. The number of sulfonamides is 1. The summed E-state index contributed by atoms with van der Waals surface area (Å²) >= 11 is 5.87. The molecule has 1 aliphatic rings. The third kappa shape index (κ3) is 6.57. The van der Waals surface area contributed by atoms with Crippen molar-refractivity contribution in [3.05, 3.63) is 94.3 Å². The molecule has 1 heterocycles. The smallest absolute Gasteiger partial charge is 0.416 e. The molecule has 3 aromatic carbocycles. The average Bonchev–Trinajstić information content (AvgIpc) is 2.88. The Hall–Kier alpha value is -3.48.